The Balaban J connectivity index is 1.66. The second-order valence-electron chi connectivity index (χ2n) is 7.75. The third-order valence-electron chi connectivity index (χ3n) is 5.41. The number of methoxy groups -OCH3 is 1. The Kier molecular flexibility index (Phi) is 5.57. The van der Waals surface area contributed by atoms with Crippen LogP contribution in [0.2, 0.25) is 5.02 Å². The fraction of sp³-hybridized carbons (Fsp3) is 0.182. The van der Waals surface area contributed by atoms with E-state index in [1.165, 1.54) is 18.0 Å². The lowest BCUT2D eigenvalue weighted by molar-refractivity contribution is 0.293. The van der Waals surface area contributed by atoms with E-state index in [0.717, 1.165) is 5.69 Å². The standard InChI is InChI=1S/C22H20ClN9O3/c1-10-7-15(29-28-10)32-14(8-12-5-4-6-13(23)16(12)21(32)33)11(2)27-19-17(18(24)25-9-26-19)20-30-31-22(34-3)35-20/h4-9,11H,1-3H3,(H,28,29)(H3,24,25,26,27). The van der Waals surface area contributed by atoms with Crippen molar-refractivity contribution in [3.8, 4) is 23.3 Å². The number of halogens is 1. The number of fused-ring (bicyclic) bond motifs is 1. The zero-order valence-electron chi connectivity index (χ0n) is 18.9. The number of nitrogens with zero attached hydrogens (tertiary/aromatic N) is 6. The lowest BCUT2D eigenvalue weighted by Crippen LogP contribution is -2.26. The van der Waals surface area contributed by atoms with Crippen LogP contribution < -0.4 is 21.3 Å². The van der Waals surface area contributed by atoms with Crippen molar-refractivity contribution in [1.82, 2.24) is 34.9 Å². The number of nitrogens with one attached hydrogen (secondary N) is 2. The van der Waals surface area contributed by atoms with E-state index >= 15 is 0 Å². The molecule has 5 aromatic rings. The van der Waals surface area contributed by atoms with E-state index < -0.39 is 6.04 Å². The number of aromatic nitrogens is 7. The van der Waals surface area contributed by atoms with Gasteiger partial charge in [0.25, 0.3) is 11.4 Å². The molecule has 0 aliphatic carbocycles. The van der Waals surface area contributed by atoms with Gasteiger partial charge in [-0.15, -0.1) is 5.10 Å². The molecule has 12 nitrogen and oxygen atoms in total. The number of benzene rings is 1. The molecule has 4 aromatic heterocycles. The summed E-state index contributed by atoms with van der Waals surface area (Å²) in [6.45, 7) is 3.73. The molecule has 4 heterocycles. The van der Waals surface area contributed by atoms with E-state index in [1.54, 1.807) is 18.2 Å². The Hall–Kier alpha value is -4.45. The summed E-state index contributed by atoms with van der Waals surface area (Å²) in [6.07, 6.45) is 1.28. The number of nitrogen functional groups attached to an aromatic ring is 1. The number of nitrogens with two attached hydrogens (primary N) is 1. The van der Waals surface area contributed by atoms with Gasteiger partial charge in [0.05, 0.1) is 29.3 Å². The van der Waals surface area contributed by atoms with E-state index in [0.29, 0.717) is 38.7 Å². The quantitative estimate of drug-likeness (QED) is 0.320. The number of H-pyrrole nitrogens is 1. The highest BCUT2D eigenvalue weighted by molar-refractivity contribution is 6.35. The Labute approximate surface area is 203 Å². The molecular weight excluding hydrogens is 474 g/mol. The molecule has 1 aromatic carbocycles. The number of aryl methyl sites for hydroxylation is 1. The summed E-state index contributed by atoms with van der Waals surface area (Å²) in [5, 5.41) is 19.7. The molecule has 0 aliphatic heterocycles. The Morgan fingerprint density at radius 2 is 2.09 bits per heavy atom. The molecule has 35 heavy (non-hydrogen) atoms. The number of hydrogen-bond acceptors (Lipinski definition) is 10. The maximum absolute atomic E-state index is 13.6. The summed E-state index contributed by atoms with van der Waals surface area (Å²) in [7, 11) is 1.41. The van der Waals surface area contributed by atoms with Gasteiger partial charge < -0.3 is 20.2 Å². The molecule has 178 valence electrons. The van der Waals surface area contributed by atoms with Gasteiger partial charge in [-0.05, 0) is 31.4 Å². The predicted molar refractivity (Wildman–Crippen MR) is 130 cm³/mol. The normalized spacial score (nSPS) is 12.1. The molecule has 0 saturated heterocycles. The third kappa shape index (κ3) is 3.93. The molecule has 0 saturated carbocycles. The molecule has 13 heteroatoms. The maximum atomic E-state index is 13.6. The van der Waals surface area contributed by atoms with Gasteiger partial charge in [-0.3, -0.25) is 14.5 Å². The largest absolute Gasteiger partial charge is 0.452 e. The molecular formula is C22H20ClN9O3. The van der Waals surface area contributed by atoms with Crippen LogP contribution in [0.5, 0.6) is 6.08 Å². The average molecular weight is 494 g/mol. The monoisotopic (exact) mass is 493 g/mol. The van der Waals surface area contributed by atoms with E-state index in [9.17, 15) is 4.79 Å². The van der Waals surface area contributed by atoms with Gasteiger partial charge in [-0.25, -0.2) is 9.97 Å². The molecule has 0 spiro atoms. The number of aromatic amines is 1. The topological polar surface area (TPSA) is 163 Å². The summed E-state index contributed by atoms with van der Waals surface area (Å²) in [4.78, 5) is 22.0. The zero-order chi connectivity index (χ0) is 24.7. The van der Waals surface area contributed by atoms with E-state index in [4.69, 9.17) is 26.5 Å². The van der Waals surface area contributed by atoms with Gasteiger partial charge >= 0.3 is 6.08 Å². The lowest BCUT2D eigenvalue weighted by atomic mass is 10.1. The minimum atomic E-state index is -0.457. The molecule has 1 unspecified atom stereocenters. The van der Waals surface area contributed by atoms with Crippen LogP contribution in [0.15, 0.2) is 45.9 Å². The minimum Gasteiger partial charge on any atom is -0.452 e. The van der Waals surface area contributed by atoms with Gasteiger partial charge in [0.1, 0.15) is 23.5 Å². The summed E-state index contributed by atoms with van der Waals surface area (Å²) >= 11 is 6.39. The summed E-state index contributed by atoms with van der Waals surface area (Å²) < 4.78 is 12.0. The minimum absolute atomic E-state index is 0.0311. The number of anilines is 2. The van der Waals surface area contributed by atoms with Crippen molar-refractivity contribution in [2.24, 2.45) is 0 Å². The van der Waals surface area contributed by atoms with Crippen LogP contribution in [0.4, 0.5) is 11.6 Å². The second kappa shape index (κ2) is 8.72. The zero-order valence-corrected chi connectivity index (χ0v) is 19.7. The van der Waals surface area contributed by atoms with E-state index in [1.807, 2.05) is 26.0 Å². The van der Waals surface area contributed by atoms with Crippen molar-refractivity contribution in [1.29, 1.82) is 0 Å². The molecule has 0 radical (unpaired) electrons. The van der Waals surface area contributed by atoms with E-state index in [2.05, 4.69) is 35.7 Å². The van der Waals surface area contributed by atoms with Crippen molar-refractivity contribution >= 4 is 34.0 Å². The van der Waals surface area contributed by atoms with Crippen LogP contribution >= 0.6 is 11.6 Å². The van der Waals surface area contributed by atoms with Crippen LogP contribution in [0.25, 0.3) is 28.0 Å². The molecule has 0 bridgehead atoms. The first-order chi connectivity index (χ1) is 16.9. The predicted octanol–water partition coefficient (Wildman–Crippen LogP) is 3.28. The van der Waals surface area contributed by atoms with Gasteiger partial charge in [0.2, 0.25) is 0 Å². The Morgan fingerprint density at radius 1 is 1.26 bits per heavy atom. The van der Waals surface area contributed by atoms with Gasteiger partial charge in [-0.2, -0.15) is 5.10 Å². The lowest BCUT2D eigenvalue weighted by Gasteiger charge is -2.21. The van der Waals surface area contributed by atoms with Crippen molar-refractivity contribution in [2.75, 3.05) is 18.2 Å². The fourth-order valence-electron chi connectivity index (χ4n) is 3.80. The van der Waals surface area contributed by atoms with Crippen LogP contribution in [-0.4, -0.2) is 42.0 Å². The summed E-state index contributed by atoms with van der Waals surface area (Å²) in [6, 6.07) is 8.50. The highest BCUT2D eigenvalue weighted by Gasteiger charge is 2.23. The maximum Gasteiger partial charge on any atom is 0.414 e. The number of hydrogen-bond donors (Lipinski definition) is 3. The molecule has 0 amide bonds. The first-order valence-electron chi connectivity index (χ1n) is 10.5. The highest BCUT2D eigenvalue weighted by atomic mass is 35.5. The van der Waals surface area contributed by atoms with E-state index in [-0.39, 0.29) is 23.3 Å². The van der Waals surface area contributed by atoms with Crippen molar-refractivity contribution < 1.29 is 9.15 Å². The number of rotatable bonds is 6. The van der Waals surface area contributed by atoms with Crippen LogP contribution in [-0.2, 0) is 0 Å². The third-order valence-corrected chi connectivity index (χ3v) is 5.73. The van der Waals surface area contributed by atoms with Crippen LogP contribution in [0, 0.1) is 6.92 Å². The number of ether oxygens (including phenoxy) is 1. The van der Waals surface area contributed by atoms with Gasteiger partial charge in [-0.1, -0.05) is 28.8 Å². The first kappa shape index (κ1) is 22.3. The molecule has 1 atom stereocenters. The van der Waals surface area contributed by atoms with Crippen LogP contribution in [0.3, 0.4) is 0 Å². The van der Waals surface area contributed by atoms with Crippen LogP contribution in [0.1, 0.15) is 24.4 Å². The smallest absolute Gasteiger partial charge is 0.414 e. The first-order valence-corrected chi connectivity index (χ1v) is 10.9. The Morgan fingerprint density at radius 3 is 2.80 bits per heavy atom. The van der Waals surface area contributed by atoms with Crippen molar-refractivity contribution in [3.05, 3.63) is 63.4 Å². The molecule has 4 N–H and O–H groups in total. The molecule has 0 aliphatic rings. The van der Waals surface area contributed by atoms with Gasteiger partial charge in [0, 0.05) is 11.8 Å². The summed E-state index contributed by atoms with van der Waals surface area (Å²) in [5.74, 6) is 0.980. The van der Waals surface area contributed by atoms with Gasteiger partial charge in [0.15, 0.2) is 5.82 Å². The molecule has 5 rings (SSSR count). The average Bonchev–Trinajstić information content (AvgIpc) is 3.48. The van der Waals surface area contributed by atoms with Crippen molar-refractivity contribution in [2.45, 2.75) is 19.9 Å². The fourth-order valence-corrected chi connectivity index (χ4v) is 4.07. The molecule has 0 fully saturated rings. The van der Waals surface area contributed by atoms with Crippen molar-refractivity contribution in [3.63, 3.8) is 0 Å². The second-order valence-corrected chi connectivity index (χ2v) is 8.16. The Bertz CT molecular complexity index is 1610. The highest BCUT2D eigenvalue weighted by Crippen LogP contribution is 2.33. The SMILES string of the molecule is COc1nnc(-c2c(N)ncnc2NC(C)c2cc3cccc(Cl)c3c(=O)n2-c2cc(C)[nH]n2)o1. The number of pyridine rings is 1. The summed E-state index contributed by atoms with van der Waals surface area (Å²) in [5.41, 5.74) is 7.54.